The molecule has 2 N–H and O–H groups in total. The Bertz CT molecular complexity index is 704. The first kappa shape index (κ1) is 15.2. The van der Waals surface area contributed by atoms with E-state index in [0.29, 0.717) is 0 Å². The highest BCUT2D eigenvalue weighted by molar-refractivity contribution is 5.94. The summed E-state index contributed by atoms with van der Waals surface area (Å²) in [5, 5.41) is 21.1. The molecule has 22 heavy (non-hydrogen) atoms. The maximum atomic E-state index is 10.5. The SMILES string of the molecule is N=C(/C=C/c1ccccc1)N/C=C/c1ccc([N+](=O)[O-])cc1. The molecule has 0 aliphatic rings. The Kier molecular flexibility index (Phi) is 5.20. The minimum atomic E-state index is -0.435. The highest BCUT2D eigenvalue weighted by Crippen LogP contribution is 2.12. The average molecular weight is 293 g/mol. The summed E-state index contributed by atoms with van der Waals surface area (Å²) in [6, 6.07) is 15.9. The van der Waals surface area contributed by atoms with E-state index >= 15 is 0 Å². The van der Waals surface area contributed by atoms with Crippen molar-refractivity contribution < 1.29 is 4.92 Å². The standard InChI is InChI=1S/C17H15N3O2/c18-17(11-8-14-4-2-1-3-5-14)19-13-12-15-6-9-16(10-7-15)20(21)22/h1-13H,(H2,18,19)/b11-8+,13-12+. The summed E-state index contributed by atoms with van der Waals surface area (Å²) in [6.45, 7) is 0. The summed E-state index contributed by atoms with van der Waals surface area (Å²) in [5.74, 6) is 0.252. The number of hydrogen-bond acceptors (Lipinski definition) is 3. The van der Waals surface area contributed by atoms with Gasteiger partial charge in [-0.2, -0.15) is 0 Å². The molecule has 0 aromatic heterocycles. The molecule has 0 radical (unpaired) electrons. The van der Waals surface area contributed by atoms with Gasteiger partial charge >= 0.3 is 0 Å². The van der Waals surface area contributed by atoms with Crippen LogP contribution in [0.3, 0.4) is 0 Å². The van der Waals surface area contributed by atoms with E-state index in [9.17, 15) is 10.1 Å². The van der Waals surface area contributed by atoms with Crippen LogP contribution in [-0.4, -0.2) is 10.8 Å². The van der Waals surface area contributed by atoms with Crippen LogP contribution in [0.1, 0.15) is 11.1 Å². The van der Waals surface area contributed by atoms with Crippen LogP contribution in [0.2, 0.25) is 0 Å². The molecule has 0 aliphatic heterocycles. The Balaban J connectivity index is 1.87. The van der Waals surface area contributed by atoms with E-state index in [-0.39, 0.29) is 11.5 Å². The number of rotatable bonds is 5. The van der Waals surface area contributed by atoms with Gasteiger partial charge in [0.15, 0.2) is 0 Å². The Morgan fingerprint density at radius 3 is 2.27 bits per heavy atom. The van der Waals surface area contributed by atoms with Gasteiger partial charge in [0, 0.05) is 18.3 Å². The van der Waals surface area contributed by atoms with E-state index in [4.69, 9.17) is 5.41 Å². The van der Waals surface area contributed by atoms with Crippen molar-refractivity contribution in [3.63, 3.8) is 0 Å². The van der Waals surface area contributed by atoms with E-state index < -0.39 is 4.92 Å². The molecule has 0 unspecified atom stereocenters. The maximum absolute atomic E-state index is 10.5. The highest BCUT2D eigenvalue weighted by atomic mass is 16.6. The summed E-state index contributed by atoms with van der Waals surface area (Å²) < 4.78 is 0. The average Bonchev–Trinajstić information content (AvgIpc) is 2.54. The lowest BCUT2D eigenvalue weighted by Gasteiger charge is -1.98. The van der Waals surface area contributed by atoms with Gasteiger partial charge in [-0.15, -0.1) is 0 Å². The molecule has 5 nitrogen and oxygen atoms in total. The fourth-order valence-corrected chi connectivity index (χ4v) is 1.73. The highest BCUT2D eigenvalue weighted by Gasteiger charge is 2.01. The first-order valence-corrected chi connectivity index (χ1v) is 6.64. The van der Waals surface area contributed by atoms with E-state index in [0.717, 1.165) is 11.1 Å². The van der Waals surface area contributed by atoms with Crippen molar-refractivity contribution in [3.05, 3.63) is 88.1 Å². The molecule has 2 aromatic carbocycles. The van der Waals surface area contributed by atoms with E-state index in [1.54, 1.807) is 30.5 Å². The maximum Gasteiger partial charge on any atom is 0.269 e. The monoisotopic (exact) mass is 293 g/mol. The Labute approximate surface area is 128 Å². The van der Waals surface area contributed by atoms with Crippen LogP contribution >= 0.6 is 0 Å². The molecule has 0 atom stereocenters. The molecule has 110 valence electrons. The van der Waals surface area contributed by atoms with Crippen molar-refractivity contribution in [1.29, 1.82) is 5.41 Å². The van der Waals surface area contributed by atoms with Crippen molar-refractivity contribution in [3.8, 4) is 0 Å². The second kappa shape index (κ2) is 7.54. The van der Waals surface area contributed by atoms with E-state index in [2.05, 4.69) is 5.32 Å². The molecule has 0 spiro atoms. The van der Waals surface area contributed by atoms with Gasteiger partial charge in [0.2, 0.25) is 0 Å². The molecule has 0 bridgehead atoms. The Morgan fingerprint density at radius 2 is 1.64 bits per heavy atom. The van der Waals surface area contributed by atoms with Gasteiger partial charge in [0.05, 0.1) is 4.92 Å². The zero-order valence-corrected chi connectivity index (χ0v) is 11.8. The van der Waals surface area contributed by atoms with Gasteiger partial charge < -0.3 is 5.32 Å². The van der Waals surface area contributed by atoms with Gasteiger partial charge in [-0.3, -0.25) is 15.5 Å². The molecule has 2 rings (SSSR count). The van der Waals surface area contributed by atoms with Crippen LogP contribution < -0.4 is 5.32 Å². The van der Waals surface area contributed by atoms with Crippen LogP contribution in [0.25, 0.3) is 12.2 Å². The van der Waals surface area contributed by atoms with Crippen molar-refractivity contribution in [1.82, 2.24) is 5.32 Å². The lowest BCUT2D eigenvalue weighted by Crippen LogP contribution is -2.12. The molecule has 0 fully saturated rings. The van der Waals surface area contributed by atoms with Crippen molar-refractivity contribution >= 4 is 23.7 Å². The Hall–Kier alpha value is -3.21. The predicted molar refractivity (Wildman–Crippen MR) is 88.5 cm³/mol. The number of hydrogen-bond donors (Lipinski definition) is 2. The molecular formula is C17H15N3O2. The lowest BCUT2D eigenvalue weighted by molar-refractivity contribution is -0.384. The third kappa shape index (κ3) is 4.72. The van der Waals surface area contributed by atoms with E-state index in [1.807, 2.05) is 36.4 Å². The normalized spacial score (nSPS) is 10.9. The molecular weight excluding hydrogens is 278 g/mol. The van der Waals surface area contributed by atoms with Gasteiger partial charge in [0.1, 0.15) is 5.84 Å². The topological polar surface area (TPSA) is 79.0 Å². The molecule has 0 saturated carbocycles. The fourth-order valence-electron chi connectivity index (χ4n) is 1.73. The quantitative estimate of drug-likeness (QED) is 0.380. The first-order chi connectivity index (χ1) is 10.6. The molecule has 2 aromatic rings. The minimum Gasteiger partial charge on any atom is -0.347 e. The summed E-state index contributed by atoms with van der Waals surface area (Å²) in [6.07, 6.45) is 6.87. The smallest absolute Gasteiger partial charge is 0.269 e. The second-order valence-corrected chi connectivity index (χ2v) is 4.48. The predicted octanol–water partition coefficient (Wildman–Crippen LogP) is 3.85. The number of amidine groups is 1. The number of nitro benzene ring substituents is 1. The number of nitrogens with zero attached hydrogens (tertiary/aromatic N) is 1. The minimum absolute atomic E-state index is 0.0589. The van der Waals surface area contributed by atoms with Crippen LogP contribution in [-0.2, 0) is 0 Å². The molecule has 0 saturated heterocycles. The summed E-state index contributed by atoms with van der Waals surface area (Å²) in [4.78, 5) is 10.1. The number of benzene rings is 2. The van der Waals surface area contributed by atoms with Crippen LogP contribution in [0.5, 0.6) is 0 Å². The zero-order valence-electron chi connectivity index (χ0n) is 11.8. The Morgan fingerprint density at radius 1 is 1.00 bits per heavy atom. The van der Waals surface area contributed by atoms with Crippen LogP contribution in [0.15, 0.2) is 66.9 Å². The zero-order chi connectivity index (χ0) is 15.8. The van der Waals surface area contributed by atoms with Gasteiger partial charge in [-0.05, 0) is 35.4 Å². The molecule has 0 amide bonds. The lowest BCUT2D eigenvalue weighted by atomic mass is 10.2. The molecule has 0 aliphatic carbocycles. The van der Waals surface area contributed by atoms with Crippen molar-refractivity contribution in [2.75, 3.05) is 0 Å². The summed E-state index contributed by atoms with van der Waals surface area (Å²) >= 11 is 0. The molecule has 0 heterocycles. The van der Waals surface area contributed by atoms with Gasteiger partial charge in [0.25, 0.3) is 5.69 Å². The second-order valence-electron chi connectivity index (χ2n) is 4.48. The van der Waals surface area contributed by atoms with Crippen molar-refractivity contribution in [2.45, 2.75) is 0 Å². The number of nitrogens with one attached hydrogen (secondary N) is 2. The summed E-state index contributed by atoms with van der Waals surface area (Å²) in [5.41, 5.74) is 1.90. The number of nitro groups is 1. The first-order valence-electron chi connectivity index (χ1n) is 6.64. The fraction of sp³-hybridized carbons (Fsp3) is 0. The van der Waals surface area contributed by atoms with Crippen LogP contribution in [0, 0.1) is 15.5 Å². The third-order valence-corrected chi connectivity index (χ3v) is 2.86. The third-order valence-electron chi connectivity index (χ3n) is 2.86. The molecule has 5 heteroatoms. The van der Waals surface area contributed by atoms with Crippen molar-refractivity contribution in [2.24, 2.45) is 0 Å². The van der Waals surface area contributed by atoms with Crippen LogP contribution in [0.4, 0.5) is 5.69 Å². The number of non-ortho nitro benzene ring substituents is 1. The summed E-state index contributed by atoms with van der Waals surface area (Å²) in [7, 11) is 0. The van der Waals surface area contributed by atoms with Gasteiger partial charge in [-0.25, -0.2) is 0 Å². The van der Waals surface area contributed by atoms with E-state index in [1.165, 1.54) is 12.1 Å². The van der Waals surface area contributed by atoms with Gasteiger partial charge in [-0.1, -0.05) is 36.4 Å². The largest absolute Gasteiger partial charge is 0.347 e.